The van der Waals surface area contributed by atoms with Crippen LogP contribution in [0.5, 0.6) is 0 Å². The van der Waals surface area contributed by atoms with Crippen molar-refractivity contribution in [1.82, 2.24) is 10.3 Å². The van der Waals surface area contributed by atoms with Gasteiger partial charge in [0.05, 0.1) is 11.7 Å². The summed E-state index contributed by atoms with van der Waals surface area (Å²) < 4.78 is 0.937. The van der Waals surface area contributed by atoms with E-state index in [1.165, 1.54) is 0 Å². The number of aromatic nitrogens is 1. The van der Waals surface area contributed by atoms with Crippen molar-refractivity contribution in [2.45, 2.75) is 6.04 Å². The van der Waals surface area contributed by atoms with Crippen LogP contribution in [0, 0.1) is 0 Å². The highest BCUT2D eigenvalue weighted by atomic mass is 79.9. The lowest BCUT2D eigenvalue weighted by atomic mass is 10.2. The Morgan fingerprint density at radius 3 is 3.00 bits per heavy atom. The quantitative estimate of drug-likeness (QED) is 0.799. The van der Waals surface area contributed by atoms with E-state index in [-0.39, 0.29) is 0 Å². The van der Waals surface area contributed by atoms with Crippen LogP contribution in [0.3, 0.4) is 0 Å². The maximum atomic E-state index is 5.91. The minimum atomic E-state index is 0.480. The molecule has 0 unspecified atom stereocenters. The number of anilines is 1. The second kappa shape index (κ2) is 3.82. The van der Waals surface area contributed by atoms with Crippen LogP contribution in [-0.2, 0) is 0 Å². The molecule has 1 aromatic rings. The molecule has 0 radical (unpaired) electrons. The van der Waals surface area contributed by atoms with Crippen molar-refractivity contribution in [1.29, 1.82) is 0 Å². The van der Waals surface area contributed by atoms with Crippen molar-refractivity contribution in [3.63, 3.8) is 0 Å². The molecule has 1 aliphatic heterocycles. The molecule has 1 aliphatic rings. The molecule has 1 fully saturated rings. The highest BCUT2D eigenvalue weighted by Crippen LogP contribution is 2.23. The SMILES string of the molecule is Clc1ncc(Br)cc1NC1CNC1. The van der Waals surface area contributed by atoms with Crippen molar-refractivity contribution in [3.05, 3.63) is 21.9 Å². The van der Waals surface area contributed by atoms with E-state index in [1.54, 1.807) is 6.20 Å². The van der Waals surface area contributed by atoms with Gasteiger partial charge in [0.2, 0.25) is 0 Å². The molecule has 2 N–H and O–H groups in total. The van der Waals surface area contributed by atoms with E-state index in [2.05, 4.69) is 31.5 Å². The number of nitrogens with one attached hydrogen (secondary N) is 2. The average molecular weight is 263 g/mol. The number of pyridine rings is 1. The lowest BCUT2D eigenvalue weighted by Gasteiger charge is -2.29. The third-order valence-corrected chi connectivity index (χ3v) is 2.68. The molecule has 0 aliphatic carbocycles. The predicted octanol–water partition coefficient (Wildman–Crippen LogP) is 1.88. The average Bonchev–Trinajstić information content (AvgIpc) is 2.03. The number of hydrogen-bond donors (Lipinski definition) is 2. The first-order valence-electron chi connectivity index (χ1n) is 4.04. The van der Waals surface area contributed by atoms with E-state index in [9.17, 15) is 0 Å². The van der Waals surface area contributed by atoms with E-state index in [1.807, 2.05) is 6.07 Å². The molecule has 0 aromatic carbocycles. The van der Waals surface area contributed by atoms with Gasteiger partial charge in [-0.3, -0.25) is 0 Å². The molecule has 13 heavy (non-hydrogen) atoms. The molecule has 0 amide bonds. The van der Waals surface area contributed by atoms with Gasteiger partial charge in [0.15, 0.2) is 5.15 Å². The second-order valence-corrected chi connectivity index (χ2v) is 4.27. The molecule has 2 rings (SSSR count). The van der Waals surface area contributed by atoms with Crippen LogP contribution in [0.4, 0.5) is 5.69 Å². The zero-order chi connectivity index (χ0) is 9.26. The summed E-state index contributed by atoms with van der Waals surface area (Å²) in [5, 5.41) is 7.00. The van der Waals surface area contributed by atoms with Gasteiger partial charge in [0, 0.05) is 23.8 Å². The second-order valence-electron chi connectivity index (χ2n) is 2.99. The highest BCUT2D eigenvalue weighted by Gasteiger charge is 2.17. The van der Waals surface area contributed by atoms with E-state index in [0.717, 1.165) is 23.2 Å². The van der Waals surface area contributed by atoms with Gasteiger partial charge in [0.1, 0.15) is 0 Å². The van der Waals surface area contributed by atoms with Crippen molar-refractivity contribution < 1.29 is 0 Å². The fourth-order valence-corrected chi connectivity index (χ4v) is 1.62. The maximum absolute atomic E-state index is 5.91. The first-order chi connectivity index (χ1) is 6.25. The van der Waals surface area contributed by atoms with Crippen molar-refractivity contribution in [2.24, 2.45) is 0 Å². The number of nitrogens with zero attached hydrogens (tertiary/aromatic N) is 1. The Morgan fingerprint density at radius 2 is 2.38 bits per heavy atom. The van der Waals surface area contributed by atoms with Gasteiger partial charge in [-0.1, -0.05) is 11.6 Å². The largest absolute Gasteiger partial charge is 0.377 e. The minimum Gasteiger partial charge on any atom is -0.377 e. The zero-order valence-electron chi connectivity index (χ0n) is 6.85. The molecule has 1 aromatic heterocycles. The van der Waals surface area contributed by atoms with Gasteiger partial charge in [-0.2, -0.15) is 0 Å². The molecule has 70 valence electrons. The van der Waals surface area contributed by atoms with Crippen molar-refractivity contribution in [2.75, 3.05) is 18.4 Å². The molecule has 0 spiro atoms. The van der Waals surface area contributed by atoms with Gasteiger partial charge in [-0.05, 0) is 22.0 Å². The van der Waals surface area contributed by atoms with E-state index < -0.39 is 0 Å². The number of hydrogen-bond acceptors (Lipinski definition) is 3. The molecular weight excluding hydrogens is 253 g/mol. The Labute approximate surface area is 90.0 Å². The van der Waals surface area contributed by atoms with Gasteiger partial charge >= 0.3 is 0 Å². The molecular formula is C8H9BrClN3. The van der Waals surface area contributed by atoms with Crippen molar-refractivity contribution in [3.8, 4) is 0 Å². The van der Waals surface area contributed by atoms with Gasteiger partial charge < -0.3 is 10.6 Å². The summed E-state index contributed by atoms with van der Waals surface area (Å²) in [6.07, 6.45) is 1.69. The smallest absolute Gasteiger partial charge is 0.152 e. The fourth-order valence-electron chi connectivity index (χ4n) is 1.13. The minimum absolute atomic E-state index is 0.480. The van der Waals surface area contributed by atoms with Crippen LogP contribution < -0.4 is 10.6 Å². The first kappa shape index (κ1) is 9.24. The van der Waals surface area contributed by atoms with E-state index in [0.29, 0.717) is 11.2 Å². The van der Waals surface area contributed by atoms with Crippen LogP contribution in [0.2, 0.25) is 5.15 Å². The molecule has 0 bridgehead atoms. The van der Waals surface area contributed by atoms with Crippen molar-refractivity contribution >= 4 is 33.2 Å². The number of rotatable bonds is 2. The first-order valence-corrected chi connectivity index (χ1v) is 5.21. The number of halogens is 2. The molecule has 2 heterocycles. The lowest BCUT2D eigenvalue weighted by Crippen LogP contribution is -2.51. The summed E-state index contributed by atoms with van der Waals surface area (Å²) in [6.45, 7) is 1.98. The highest BCUT2D eigenvalue weighted by molar-refractivity contribution is 9.10. The van der Waals surface area contributed by atoms with Crippen LogP contribution in [0.25, 0.3) is 0 Å². The Bertz CT molecular complexity index is 314. The van der Waals surface area contributed by atoms with Gasteiger partial charge in [0.25, 0.3) is 0 Å². The van der Waals surface area contributed by atoms with Crippen LogP contribution in [0.15, 0.2) is 16.7 Å². The predicted molar refractivity (Wildman–Crippen MR) is 57.2 cm³/mol. The summed E-state index contributed by atoms with van der Waals surface area (Å²) in [6, 6.07) is 2.42. The van der Waals surface area contributed by atoms with Crippen LogP contribution in [0.1, 0.15) is 0 Å². The Balaban J connectivity index is 2.13. The Kier molecular flexibility index (Phi) is 2.71. The summed E-state index contributed by atoms with van der Waals surface area (Å²) in [5.74, 6) is 0. The summed E-state index contributed by atoms with van der Waals surface area (Å²) in [5.41, 5.74) is 0.891. The molecule has 0 atom stereocenters. The third-order valence-electron chi connectivity index (χ3n) is 1.95. The third kappa shape index (κ3) is 2.13. The Morgan fingerprint density at radius 1 is 1.62 bits per heavy atom. The zero-order valence-corrected chi connectivity index (χ0v) is 9.19. The van der Waals surface area contributed by atoms with Crippen LogP contribution >= 0.6 is 27.5 Å². The van der Waals surface area contributed by atoms with E-state index in [4.69, 9.17) is 11.6 Å². The molecule has 3 nitrogen and oxygen atoms in total. The molecule has 1 saturated heterocycles. The van der Waals surface area contributed by atoms with Crippen LogP contribution in [-0.4, -0.2) is 24.1 Å². The normalized spacial score (nSPS) is 16.8. The fraction of sp³-hybridized carbons (Fsp3) is 0.375. The van der Waals surface area contributed by atoms with E-state index >= 15 is 0 Å². The Hall–Kier alpha value is -0.320. The monoisotopic (exact) mass is 261 g/mol. The summed E-state index contributed by atoms with van der Waals surface area (Å²) in [7, 11) is 0. The molecule has 5 heteroatoms. The standard InChI is InChI=1S/C8H9BrClN3/c9-5-1-7(8(10)12-2-5)13-6-3-11-4-6/h1-2,6,11,13H,3-4H2. The topological polar surface area (TPSA) is 37.0 Å². The summed E-state index contributed by atoms with van der Waals surface area (Å²) >= 11 is 9.26. The summed E-state index contributed by atoms with van der Waals surface area (Å²) in [4.78, 5) is 4.03. The maximum Gasteiger partial charge on any atom is 0.152 e. The lowest BCUT2D eigenvalue weighted by molar-refractivity contribution is 0.472. The van der Waals surface area contributed by atoms with Gasteiger partial charge in [-0.15, -0.1) is 0 Å². The molecule has 0 saturated carbocycles. The van der Waals surface area contributed by atoms with Gasteiger partial charge in [-0.25, -0.2) is 4.98 Å².